The van der Waals surface area contributed by atoms with Crippen LogP contribution in [0.25, 0.3) is 5.57 Å². The molecule has 0 aromatic heterocycles. The van der Waals surface area contributed by atoms with E-state index in [1.54, 1.807) is 0 Å². The zero-order valence-electron chi connectivity index (χ0n) is 21.3. The molecule has 0 radical (unpaired) electrons. The van der Waals surface area contributed by atoms with Gasteiger partial charge in [-0.25, -0.2) is 0 Å². The van der Waals surface area contributed by atoms with Crippen LogP contribution < -0.4 is 0 Å². The molecule has 1 aromatic carbocycles. The molecule has 35 heavy (non-hydrogen) atoms. The van der Waals surface area contributed by atoms with Crippen LogP contribution in [0.5, 0.6) is 0 Å². The lowest BCUT2D eigenvalue weighted by atomic mass is 9.71. The number of Topliss-reactive ketones (excluding diaryl/α,β-unsaturated/α-hetero) is 1. The first-order chi connectivity index (χ1) is 17.0. The third-order valence-corrected chi connectivity index (χ3v) is 9.09. The minimum absolute atomic E-state index is 0.0529. The summed E-state index contributed by atoms with van der Waals surface area (Å²) in [7, 11) is 0. The summed E-state index contributed by atoms with van der Waals surface area (Å²) in [5.74, 6) is 2.55. The molecule has 4 heteroatoms. The number of hydrogen-bond donors (Lipinski definition) is 0. The summed E-state index contributed by atoms with van der Waals surface area (Å²) in [4.78, 5) is 17.8. The van der Waals surface area contributed by atoms with Crippen LogP contribution in [0.4, 0.5) is 0 Å². The molecule has 6 rings (SSSR count). The molecule has 3 aliphatic heterocycles. The Balaban J connectivity index is 1.42. The van der Waals surface area contributed by atoms with Crippen molar-refractivity contribution in [2.75, 3.05) is 26.4 Å². The third-order valence-electron chi connectivity index (χ3n) is 9.09. The van der Waals surface area contributed by atoms with Crippen molar-refractivity contribution in [3.63, 3.8) is 0 Å². The van der Waals surface area contributed by atoms with E-state index < -0.39 is 0 Å². The van der Waals surface area contributed by atoms with Gasteiger partial charge in [0.1, 0.15) is 0 Å². The number of hydrogen-bond acceptors (Lipinski definition) is 4. The van der Waals surface area contributed by atoms with E-state index in [0.717, 1.165) is 51.3 Å². The molecule has 4 nitrogen and oxygen atoms in total. The standard InChI is InChI=1S/C31H37NO3/c1-4-29(33)22-7-5-6-21(14-22)25-8-9-26-30(24-11-13-35-18-20(24)3)32-28(16-31(26)15-27(25)31)23-10-12-34-17-19(23)2/h5-9,14,16,19-20,23-24,27H,4,10-13,15,17-18H2,1-3H3/t19-,20-,23?,24?,27?,31?/m0/s1. The first-order valence-corrected chi connectivity index (χ1v) is 13.5. The number of carbonyl (C=O) groups is 1. The maximum atomic E-state index is 12.4. The Labute approximate surface area is 209 Å². The topological polar surface area (TPSA) is 47.9 Å². The van der Waals surface area contributed by atoms with Crippen LogP contribution in [0.3, 0.4) is 0 Å². The monoisotopic (exact) mass is 471 g/mol. The van der Waals surface area contributed by atoms with E-state index in [2.05, 4.69) is 44.2 Å². The summed E-state index contributed by atoms with van der Waals surface area (Å²) in [5.41, 5.74) is 7.50. The van der Waals surface area contributed by atoms with Crippen molar-refractivity contribution >= 4 is 17.1 Å². The summed E-state index contributed by atoms with van der Waals surface area (Å²) < 4.78 is 11.6. The molecular formula is C31H37NO3. The van der Waals surface area contributed by atoms with Crippen LogP contribution in [-0.4, -0.2) is 37.9 Å². The molecule has 3 fully saturated rings. The van der Waals surface area contributed by atoms with E-state index in [9.17, 15) is 4.79 Å². The van der Waals surface area contributed by atoms with Gasteiger partial charge in [-0.3, -0.25) is 9.79 Å². The second-order valence-corrected chi connectivity index (χ2v) is 11.3. The second-order valence-electron chi connectivity index (χ2n) is 11.3. The Kier molecular flexibility index (Phi) is 5.93. The van der Waals surface area contributed by atoms with Crippen molar-refractivity contribution < 1.29 is 14.3 Å². The summed E-state index contributed by atoms with van der Waals surface area (Å²) in [6.45, 7) is 9.86. The summed E-state index contributed by atoms with van der Waals surface area (Å²) >= 11 is 0. The minimum atomic E-state index is 0.0529. The van der Waals surface area contributed by atoms with Crippen LogP contribution in [-0.2, 0) is 9.47 Å². The lowest BCUT2D eigenvalue weighted by Gasteiger charge is -2.39. The van der Waals surface area contributed by atoms with Crippen LogP contribution in [0.15, 0.2) is 58.8 Å². The van der Waals surface area contributed by atoms with Gasteiger partial charge < -0.3 is 9.47 Å². The lowest BCUT2D eigenvalue weighted by molar-refractivity contribution is 0.0344. The lowest BCUT2D eigenvalue weighted by Crippen LogP contribution is -2.37. The highest BCUT2D eigenvalue weighted by atomic mass is 16.5. The van der Waals surface area contributed by atoms with E-state index in [0.29, 0.717) is 36.0 Å². The molecule has 2 saturated heterocycles. The van der Waals surface area contributed by atoms with Gasteiger partial charge in [-0.1, -0.05) is 57.2 Å². The molecule has 1 aromatic rings. The highest BCUT2D eigenvalue weighted by Crippen LogP contribution is 2.68. The Hall–Kier alpha value is -2.30. The van der Waals surface area contributed by atoms with Gasteiger partial charge in [-0.05, 0) is 59.8 Å². The molecule has 2 aliphatic carbocycles. The van der Waals surface area contributed by atoms with Gasteiger partial charge in [-0.2, -0.15) is 0 Å². The van der Waals surface area contributed by atoms with E-state index in [1.807, 2.05) is 19.1 Å². The average molecular weight is 472 g/mol. The highest BCUT2D eigenvalue weighted by molar-refractivity contribution is 6.08. The first-order valence-electron chi connectivity index (χ1n) is 13.5. The van der Waals surface area contributed by atoms with E-state index >= 15 is 0 Å². The molecule has 1 spiro atoms. The Morgan fingerprint density at radius 2 is 1.80 bits per heavy atom. The number of nitrogens with zero attached hydrogens (tertiary/aromatic N) is 1. The van der Waals surface area contributed by atoms with Crippen LogP contribution >= 0.6 is 0 Å². The van der Waals surface area contributed by atoms with Gasteiger partial charge in [-0.15, -0.1) is 0 Å². The molecule has 1 saturated carbocycles. The fraction of sp³-hybridized carbons (Fsp3) is 0.548. The van der Waals surface area contributed by atoms with Crippen molar-refractivity contribution in [2.24, 2.45) is 40.0 Å². The predicted molar refractivity (Wildman–Crippen MR) is 139 cm³/mol. The molecule has 4 unspecified atom stereocenters. The molecule has 5 aliphatic rings. The number of carbonyl (C=O) groups excluding carboxylic acids is 1. The zero-order chi connectivity index (χ0) is 24.2. The molecule has 6 atom stereocenters. The largest absolute Gasteiger partial charge is 0.381 e. The van der Waals surface area contributed by atoms with Gasteiger partial charge in [0.15, 0.2) is 5.78 Å². The molecular weight excluding hydrogens is 434 g/mol. The summed E-state index contributed by atoms with van der Waals surface area (Å²) in [6, 6.07) is 8.26. The highest BCUT2D eigenvalue weighted by Gasteiger charge is 2.61. The minimum Gasteiger partial charge on any atom is -0.381 e. The number of benzene rings is 1. The predicted octanol–water partition coefficient (Wildman–Crippen LogP) is 6.29. The fourth-order valence-corrected chi connectivity index (χ4v) is 6.92. The smallest absolute Gasteiger partial charge is 0.162 e. The Bertz CT molecular complexity index is 1160. The third kappa shape index (κ3) is 3.90. The first kappa shape index (κ1) is 23.1. The van der Waals surface area contributed by atoms with Crippen LogP contribution in [0.2, 0.25) is 0 Å². The number of ether oxygens (including phenoxy) is 2. The fourth-order valence-electron chi connectivity index (χ4n) is 6.92. The van der Waals surface area contributed by atoms with Crippen molar-refractivity contribution in [3.05, 3.63) is 64.9 Å². The van der Waals surface area contributed by atoms with Crippen molar-refractivity contribution in [1.82, 2.24) is 0 Å². The van der Waals surface area contributed by atoms with Crippen LogP contribution in [0, 0.1) is 35.0 Å². The van der Waals surface area contributed by atoms with E-state index in [-0.39, 0.29) is 11.2 Å². The van der Waals surface area contributed by atoms with Crippen molar-refractivity contribution in [2.45, 2.75) is 46.5 Å². The van der Waals surface area contributed by atoms with Gasteiger partial charge >= 0.3 is 0 Å². The van der Waals surface area contributed by atoms with Crippen LogP contribution in [0.1, 0.15) is 62.4 Å². The molecule has 0 amide bonds. The second kappa shape index (κ2) is 8.97. The maximum Gasteiger partial charge on any atom is 0.162 e. The Morgan fingerprint density at radius 1 is 1.06 bits per heavy atom. The van der Waals surface area contributed by atoms with E-state index in [1.165, 1.54) is 28.1 Å². The summed E-state index contributed by atoms with van der Waals surface area (Å²) in [5, 5.41) is 0. The van der Waals surface area contributed by atoms with Crippen molar-refractivity contribution in [1.29, 1.82) is 0 Å². The number of allylic oxidation sites excluding steroid dienone is 6. The van der Waals surface area contributed by atoms with Gasteiger partial charge in [0.05, 0.1) is 0 Å². The normalized spacial score (nSPS) is 36.1. The SMILES string of the molecule is CCC(=O)c1cccc(C2=CC=C3C(C4CCOC[C@@H]4C)=NC(C4CCOC[C@@H]4C)=CC34CC24)c1. The number of rotatable bonds is 5. The number of ketones is 1. The quantitative estimate of drug-likeness (QED) is 0.474. The molecule has 184 valence electrons. The van der Waals surface area contributed by atoms with Gasteiger partial charge in [0.2, 0.25) is 0 Å². The Morgan fingerprint density at radius 3 is 2.51 bits per heavy atom. The number of aliphatic imine (C=N–C) groups is 1. The molecule has 0 bridgehead atoms. The maximum absolute atomic E-state index is 12.4. The van der Waals surface area contributed by atoms with E-state index in [4.69, 9.17) is 14.5 Å². The van der Waals surface area contributed by atoms with Gasteiger partial charge in [0.25, 0.3) is 0 Å². The summed E-state index contributed by atoms with van der Waals surface area (Å²) in [6.07, 6.45) is 11.0. The zero-order valence-corrected chi connectivity index (χ0v) is 21.3. The van der Waals surface area contributed by atoms with Gasteiger partial charge in [0, 0.05) is 67.1 Å². The molecule has 0 N–H and O–H groups in total. The average Bonchev–Trinajstić information content (AvgIpc) is 3.61. The molecule has 3 heterocycles. The van der Waals surface area contributed by atoms with Crippen molar-refractivity contribution in [3.8, 4) is 0 Å².